The average molecular weight is 425 g/mol. The van der Waals surface area contributed by atoms with Crippen molar-refractivity contribution in [3.05, 3.63) is 46.8 Å². The molecule has 31 heavy (non-hydrogen) atoms. The molecule has 1 aliphatic carbocycles. The standard InChI is InChI=1S/C24H32N4O3/c1-18(29)28-14-8-13-26(2)15-16-27(17-19-9-6-7-11-21(19)28)24(30)23-20-10-4-3-5-12-22(20)31-25-23/h6-7,9,11H,3-5,8,10,12-17H2,1-2H3. The minimum Gasteiger partial charge on any atom is -0.360 e. The van der Waals surface area contributed by atoms with Gasteiger partial charge in [0, 0.05) is 50.8 Å². The number of nitrogens with zero attached hydrogens (tertiary/aromatic N) is 4. The number of para-hydroxylation sites is 1. The summed E-state index contributed by atoms with van der Waals surface area (Å²) in [6.45, 7) is 4.95. The first kappa shape index (κ1) is 21.6. The molecule has 0 radical (unpaired) electrons. The van der Waals surface area contributed by atoms with Crippen molar-refractivity contribution >= 4 is 17.5 Å². The lowest BCUT2D eigenvalue weighted by atomic mass is 10.1. The summed E-state index contributed by atoms with van der Waals surface area (Å²) in [5.41, 5.74) is 3.32. The fourth-order valence-electron chi connectivity index (χ4n) is 4.59. The van der Waals surface area contributed by atoms with Gasteiger partial charge in [-0.2, -0.15) is 0 Å². The summed E-state index contributed by atoms with van der Waals surface area (Å²) >= 11 is 0. The largest absolute Gasteiger partial charge is 0.360 e. The fourth-order valence-corrected chi connectivity index (χ4v) is 4.59. The maximum Gasteiger partial charge on any atom is 0.276 e. The van der Waals surface area contributed by atoms with E-state index in [0.717, 1.165) is 74.2 Å². The van der Waals surface area contributed by atoms with Gasteiger partial charge < -0.3 is 19.2 Å². The van der Waals surface area contributed by atoms with E-state index in [1.165, 1.54) is 0 Å². The van der Waals surface area contributed by atoms with Crippen molar-refractivity contribution in [3.63, 3.8) is 0 Å². The Bertz CT molecular complexity index is 939. The van der Waals surface area contributed by atoms with Crippen LogP contribution in [0, 0.1) is 0 Å². The van der Waals surface area contributed by atoms with Crippen molar-refractivity contribution in [2.24, 2.45) is 0 Å². The van der Waals surface area contributed by atoms with E-state index in [2.05, 4.69) is 17.1 Å². The predicted molar refractivity (Wildman–Crippen MR) is 119 cm³/mol. The highest BCUT2D eigenvalue weighted by Crippen LogP contribution is 2.27. The first-order valence-corrected chi connectivity index (χ1v) is 11.4. The molecular weight excluding hydrogens is 392 g/mol. The number of anilines is 1. The van der Waals surface area contributed by atoms with Crippen LogP contribution >= 0.6 is 0 Å². The summed E-state index contributed by atoms with van der Waals surface area (Å²) in [5.74, 6) is 0.816. The van der Waals surface area contributed by atoms with Crippen LogP contribution < -0.4 is 4.90 Å². The van der Waals surface area contributed by atoms with E-state index in [9.17, 15) is 9.59 Å². The second-order valence-corrected chi connectivity index (χ2v) is 8.68. The van der Waals surface area contributed by atoms with Gasteiger partial charge in [0.05, 0.1) is 0 Å². The second kappa shape index (κ2) is 9.64. The Morgan fingerprint density at radius 1 is 0.968 bits per heavy atom. The summed E-state index contributed by atoms with van der Waals surface area (Å²) in [6, 6.07) is 7.90. The molecule has 1 aromatic carbocycles. The van der Waals surface area contributed by atoms with Crippen LogP contribution in [0.5, 0.6) is 0 Å². The number of benzene rings is 1. The first-order chi connectivity index (χ1) is 15.0. The van der Waals surface area contributed by atoms with Gasteiger partial charge in [0.15, 0.2) is 5.69 Å². The molecular formula is C24H32N4O3. The van der Waals surface area contributed by atoms with Crippen molar-refractivity contribution in [2.75, 3.05) is 38.1 Å². The number of amides is 2. The fraction of sp³-hybridized carbons (Fsp3) is 0.542. The minimum atomic E-state index is -0.0799. The Balaban J connectivity index is 1.68. The molecule has 0 bridgehead atoms. The highest BCUT2D eigenvalue weighted by Gasteiger charge is 2.28. The maximum atomic E-state index is 13.6. The zero-order chi connectivity index (χ0) is 21.8. The van der Waals surface area contributed by atoms with E-state index < -0.39 is 0 Å². The Hall–Kier alpha value is -2.67. The molecule has 7 nitrogen and oxygen atoms in total. The van der Waals surface area contributed by atoms with Gasteiger partial charge in [0.25, 0.3) is 5.91 Å². The molecule has 0 saturated heterocycles. The number of hydrogen-bond acceptors (Lipinski definition) is 5. The zero-order valence-corrected chi connectivity index (χ0v) is 18.6. The third kappa shape index (κ3) is 4.82. The van der Waals surface area contributed by atoms with Gasteiger partial charge in [0.1, 0.15) is 5.76 Å². The number of aromatic nitrogens is 1. The van der Waals surface area contributed by atoms with E-state index in [0.29, 0.717) is 25.3 Å². The van der Waals surface area contributed by atoms with Crippen LogP contribution in [0.4, 0.5) is 5.69 Å². The number of carbonyl (C=O) groups is 2. The van der Waals surface area contributed by atoms with Crippen molar-refractivity contribution in [1.29, 1.82) is 0 Å². The van der Waals surface area contributed by atoms with E-state index in [-0.39, 0.29) is 11.8 Å². The first-order valence-electron chi connectivity index (χ1n) is 11.4. The molecule has 1 aliphatic heterocycles. The van der Waals surface area contributed by atoms with E-state index in [1.807, 2.05) is 34.1 Å². The third-order valence-corrected chi connectivity index (χ3v) is 6.39. The van der Waals surface area contributed by atoms with Gasteiger partial charge in [-0.05, 0) is 50.9 Å². The number of fused-ring (bicyclic) bond motifs is 2. The molecule has 0 unspecified atom stereocenters. The van der Waals surface area contributed by atoms with Gasteiger partial charge in [-0.15, -0.1) is 0 Å². The van der Waals surface area contributed by atoms with E-state index >= 15 is 0 Å². The maximum absolute atomic E-state index is 13.6. The van der Waals surface area contributed by atoms with Crippen LogP contribution in [0.15, 0.2) is 28.8 Å². The lowest BCUT2D eigenvalue weighted by Gasteiger charge is -2.27. The molecule has 2 heterocycles. The number of rotatable bonds is 1. The van der Waals surface area contributed by atoms with Gasteiger partial charge in [0.2, 0.25) is 5.91 Å². The lowest BCUT2D eigenvalue weighted by molar-refractivity contribution is -0.116. The molecule has 7 heteroatoms. The molecule has 2 aliphatic rings. The van der Waals surface area contributed by atoms with Crippen molar-refractivity contribution in [2.45, 2.75) is 52.0 Å². The highest BCUT2D eigenvalue weighted by atomic mass is 16.5. The van der Waals surface area contributed by atoms with Gasteiger partial charge in [-0.1, -0.05) is 29.8 Å². The zero-order valence-electron chi connectivity index (χ0n) is 18.6. The summed E-state index contributed by atoms with van der Waals surface area (Å²) < 4.78 is 5.58. The lowest BCUT2D eigenvalue weighted by Crippen LogP contribution is -2.38. The molecule has 2 amide bonds. The Morgan fingerprint density at radius 2 is 1.77 bits per heavy atom. The van der Waals surface area contributed by atoms with Gasteiger partial charge >= 0.3 is 0 Å². The SMILES string of the molecule is CC(=O)N1CCCN(C)CCN(C(=O)c2noc3c2CCCCC3)Cc2ccccc21. The molecule has 2 aromatic rings. The number of aryl methyl sites for hydroxylation is 1. The van der Waals surface area contributed by atoms with Crippen LogP contribution in [0.25, 0.3) is 0 Å². The topological polar surface area (TPSA) is 69.9 Å². The van der Waals surface area contributed by atoms with Crippen molar-refractivity contribution in [1.82, 2.24) is 15.0 Å². The highest BCUT2D eigenvalue weighted by molar-refractivity contribution is 5.95. The van der Waals surface area contributed by atoms with Crippen LogP contribution in [-0.4, -0.2) is 60.0 Å². The second-order valence-electron chi connectivity index (χ2n) is 8.68. The van der Waals surface area contributed by atoms with E-state index in [1.54, 1.807) is 6.92 Å². The smallest absolute Gasteiger partial charge is 0.276 e. The molecule has 0 atom stereocenters. The number of hydrogen-bond donors (Lipinski definition) is 0. The normalized spacial score (nSPS) is 18.5. The summed E-state index contributed by atoms with van der Waals surface area (Å²) in [6.07, 6.45) is 5.89. The van der Waals surface area contributed by atoms with Crippen LogP contribution in [-0.2, 0) is 24.2 Å². The molecule has 0 spiro atoms. The molecule has 166 valence electrons. The van der Waals surface area contributed by atoms with E-state index in [4.69, 9.17) is 4.52 Å². The minimum absolute atomic E-state index is 0.0223. The third-order valence-electron chi connectivity index (χ3n) is 6.39. The molecule has 0 fully saturated rings. The Labute approximate surface area is 184 Å². The summed E-state index contributed by atoms with van der Waals surface area (Å²) in [5, 5.41) is 4.20. The van der Waals surface area contributed by atoms with Gasteiger partial charge in [-0.3, -0.25) is 9.59 Å². The molecule has 0 saturated carbocycles. The summed E-state index contributed by atoms with van der Waals surface area (Å²) in [4.78, 5) is 31.9. The number of carbonyl (C=O) groups excluding carboxylic acids is 2. The molecule has 1 aromatic heterocycles. The Morgan fingerprint density at radius 3 is 2.61 bits per heavy atom. The molecule has 0 N–H and O–H groups in total. The number of likely N-dealkylation sites (N-methyl/N-ethyl adjacent to an activating group) is 1. The quantitative estimate of drug-likeness (QED) is 0.657. The average Bonchev–Trinajstić information content (AvgIpc) is 3.00. The van der Waals surface area contributed by atoms with Crippen LogP contribution in [0.1, 0.15) is 60.0 Å². The van der Waals surface area contributed by atoms with Crippen molar-refractivity contribution < 1.29 is 14.1 Å². The van der Waals surface area contributed by atoms with Crippen LogP contribution in [0.2, 0.25) is 0 Å². The van der Waals surface area contributed by atoms with Gasteiger partial charge in [-0.25, -0.2) is 0 Å². The Kier molecular flexibility index (Phi) is 6.70. The van der Waals surface area contributed by atoms with Crippen molar-refractivity contribution in [3.8, 4) is 0 Å². The van der Waals surface area contributed by atoms with Crippen LogP contribution in [0.3, 0.4) is 0 Å². The predicted octanol–water partition coefficient (Wildman–Crippen LogP) is 3.27. The monoisotopic (exact) mass is 424 g/mol. The molecule has 4 rings (SSSR count). The summed E-state index contributed by atoms with van der Waals surface area (Å²) in [7, 11) is 2.06.